The van der Waals surface area contributed by atoms with Crippen molar-refractivity contribution >= 4 is 18.3 Å². The van der Waals surface area contributed by atoms with Crippen LogP contribution in [-0.2, 0) is 6.42 Å². The lowest BCUT2D eigenvalue weighted by Gasteiger charge is -2.26. The first-order chi connectivity index (χ1) is 8.69. The lowest BCUT2D eigenvalue weighted by atomic mass is 9.91. The molecule has 1 amide bonds. The zero-order valence-corrected chi connectivity index (χ0v) is 12.2. The van der Waals surface area contributed by atoms with Gasteiger partial charge in [0.05, 0.1) is 0 Å². The van der Waals surface area contributed by atoms with Crippen LogP contribution in [0.4, 0.5) is 0 Å². The first kappa shape index (κ1) is 16.0. The molecule has 0 radical (unpaired) electrons. The second-order valence-corrected chi connectivity index (χ2v) is 5.14. The van der Waals surface area contributed by atoms with Crippen molar-refractivity contribution in [2.45, 2.75) is 51.1 Å². The maximum Gasteiger partial charge on any atom is 0.251 e. The number of nitrogens with one attached hydrogen (secondary N) is 1. The van der Waals surface area contributed by atoms with Crippen LogP contribution in [0.1, 0.15) is 48.5 Å². The van der Waals surface area contributed by atoms with Crippen molar-refractivity contribution in [1.82, 2.24) is 5.32 Å². The molecule has 1 fully saturated rings. The number of benzene rings is 1. The van der Waals surface area contributed by atoms with Crippen LogP contribution in [0.15, 0.2) is 24.3 Å². The van der Waals surface area contributed by atoms with Gasteiger partial charge in [0, 0.05) is 17.6 Å². The van der Waals surface area contributed by atoms with Gasteiger partial charge in [-0.2, -0.15) is 0 Å². The van der Waals surface area contributed by atoms with Crippen LogP contribution < -0.4 is 11.1 Å². The van der Waals surface area contributed by atoms with Gasteiger partial charge in [-0.1, -0.05) is 19.1 Å². The number of carbonyl (C=O) groups is 1. The summed E-state index contributed by atoms with van der Waals surface area (Å²) in [5, 5.41) is 3.10. The first-order valence-electron chi connectivity index (χ1n) is 6.84. The molecule has 0 aromatic heterocycles. The van der Waals surface area contributed by atoms with Crippen LogP contribution in [0.5, 0.6) is 0 Å². The number of hydrogen-bond acceptors (Lipinski definition) is 2. The zero-order valence-electron chi connectivity index (χ0n) is 11.4. The number of hydrogen-bond donors (Lipinski definition) is 2. The fourth-order valence-corrected chi connectivity index (χ4v) is 2.42. The molecular weight excluding hydrogens is 260 g/mol. The van der Waals surface area contributed by atoms with E-state index in [4.69, 9.17) is 5.73 Å². The van der Waals surface area contributed by atoms with E-state index in [1.165, 1.54) is 5.56 Å². The van der Waals surface area contributed by atoms with Crippen LogP contribution >= 0.6 is 12.4 Å². The van der Waals surface area contributed by atoms with Crippen molar-refractivity contribution in [3.63, 3.8) is 0 Å². The third-order valence-corrected chi connectivity index (χ3v) is 3.73. The molecule has 0 unspecified atom stereocenters. The van der Waals surface area contributed by atoms with Crippen LogP contribution in [0.3, 0.4) is 0 Å². The average molecular weight is 283 g/mol. The Morgan fingerprint density at radius 3 is 2.32 bits per heavy atom. The molecule has 19 heavy (non-hydrogen) atoms. The standard InChI is InChI=1S/C15H22N2O.ClH/c1-2-11-3-5-12(6-4-11)15(18)17-14-9-7-13(16)8-10-14;/h3-6,13-14H,2,7-10,16H2,1H3,(H,17,18);1H. The van der Waals surface area contributed by atoms with Gasteiger partial charge in [0.1, 0.15) is 0 Å². The predicted octanol–water partition coefficient (Wildman–Crippen LogP) is 2.67. The lowest BCUT2D eigenvalue weighted by Crippen LogP contribution is -2.40. The Labute approximate surface area is 121 Å². The van der Waals surface area contributed by atoms with Crippen LogP contribution in [0.2, 0.25) is 0 Å². The Morgan fingerprint density at radius 1 is 1.21 bits per heavy atom. The monoisotopic (exact) mass is 282 g/mol. The molecular formula is C15H23ClN2O. The second-order valence-electron chi connectivity index (χ2n) is 5.14. The minimum Gasteiger partial charge on any atom is -0.349 e. The maximum atomic E-state index is 12.1. The molecule has 3 nitrogen and oxygen atoms in total. The van der Waals surface area contributed by atoms with Gasteiger partial charge in [-0.25, -0.2) is 0 Å². The van der Waals surface area contributed by atoms with Gasteiger partial charge in [-0.05, 0) is 49.8 Å². The Morgan fingerprint density at radius 2 is 1.79 bits per heavy atom. The number of carbonyl (C=O) groups excluding carboxylic acids is 1. The normalized spacial score (nSPS) is 22.4. The zero-order chi connectivity index (χ0) is 13.0. The lowest BCUT2D eigenvalue weighted by molar-refractivity contribution is 0.0926. The van der Waals surface area contributed by atoms with Crippen molar-refractivity contribution in [2.75, 3.05) is 0 Å². The van der Waals surface area contributed by atoms with Gasteiger partial charge in [0.15, 0.2) is 0 Å². The molecule has 1 aromatic carbocycles. The SMILES string of the molecule is CCc1ccc(C(=O)NC2CCC(N)CC2)cc1.Cl. The van der Waals surface area contributed by atoms with E-state index in [-0.39, 0.29) is 18.3 Å². The highest BCUT2D eigenvalue weighted by atomic mass is 35.5. The van der Waals surface area contributed by atoms with Crippen LogP contribution in [-0.4, -0.2) is 18.0 Å². The van der Waals surface area contributed by atoms with Gasteiger partial charge in [0.25, 0.3) is 5.91 Å². The summed E-state index contributed by atoms with van der Waals surface area (Å²) in [4.78, 5) is 12.1. The number of amides is 1. The first-order valence-corrected chi connectivity index (χ1v) is 6.84. The second kappa shape index (κ2) is 7.51. The van der Waals surface area contributed by atoms with E-state index in [1.807, 2.05) is 24.3 Å². The third kappa shape index (κ3) is 4.51. The van der Waals surface area contributed by atoms with Crippen LogP contribution in [0, 0.1) is 0 Å². The molecule has 0 bridgehead atoms. The summed E-state index contributed by atoms with van der Waals surface area (Å²) in [5.41, 5.74) is 7.87. The van der Waals surface area contributed by atoms with E-state index in [0.29, 0.717) is 12.1 Å². The Bertz CT molecular complexity index is 397. The van der Waals surface area contributed by atoms with E-state index in [2.05, 4.69) is 12.2 Å². The molecule has 0 saturated heterocycles. The summed E-state index contributed by atoms with van der Waals surface area (Å²) in [6.45, 7) is 2.11. The molecule has 4 heteroatoms. The third-order valence-electron chi connectivity index (χ3n) is 3.73. The van der Waals surface area contributed by atoms with Crippen molar-refractivity contribution < 1.29 is 4.79 Å². The highest BCUT2D eigenvalue weighted by molar-refractivity contribution is 5.94. The highest BCUT2D eigenvalue weighted by Crippen LogP contribution is 2.17. The van der Waals surface area contributed by atoms with Gasteiger partial charge in [0.2, 0.25) is 0 Å². The van der Waals surface area contributed by atoms with Crippen molar-refractivity contribution in [2.24, 2.45) is 5.73 Å². The van der Waals surface area contributed by atoms with Crippen molar-refractivity contribution in [3.05, 3.63) is 35.4 Å². The number of aryl methyl sites for hydroxylation is 1. The molecule has 106 valence electrons. The van der Waals surface area contributed by atoms with Gasteiger partial charge < -0.3 is 11.1 Å². The number of halogens is 1. The fraction of sp³-hybridized carbons (Fsp3) is 0.533. The Balaban J connectivity index is 0.00000180. The summed E-state index contributed by atoms with van der Waals surface area (Å²) in [6.07, 6.45) is 5.03. The smallest absolute Gasteiger partial charge is 0.251 e. The summed E-state index contributed by atoms with van der Waals surface area (Å²) >= 11 is 0. The quantitative estimate of drug-likeness (QED) is 0.895. The molecule has 1 aromatic rings. The number of rotatable bonds is 3. The minimum atomic E-state index is 0. The van der Waals surface area contributed by atoms with Gasteiger partial charge in [-0.15, -0.1) is 12.4 Å². The average Bonchev–Trinajstić information content (AvgIpc) is 2.41. The summed E-state index contributed by atoms with van der Waals surface area (Å²) in [6, 6.07) is 8.47. The molecule has 3 N–H and O–H groups in total. The summed E-state index contributed by atoms with van der Waals surface area (Å²) in [7, 11) is 0. The highest BCUT2D eigenvalue weighted by Gasteiger charge is 2.20. The molecule has 1 saturated carbocycles. The summed E-state index contributed by atoms with van der Waals surface area (Å²) in [5.74, 6) is 0.0399. The van der Waals surface area contributed by atoms with Gasteiger partial charge >= 0.3 is 0 Å². The number of nitrogens with two attached hydrogens (primary N) is 1. The van der Waals surface area contributed by atoms with Crippen molar-refractivity contribution in [3.8, 4) is 0 Å². The Hall–Kier alpha value is -1.06. The largest absolute Gasteiger partial charge is 0.349 e. The predicted molar refractivity (Wildman–Crippen MR) is 80.8 cm³/mol. The molecule has 0 heterocycles. The minimum absolute atomic E-state index is 0. The maximum absolute atomic E-state index is 12.1. The summed E-state index contributed by atoms with van der Waals surface area (Å²) < 4.78 is 0. The molecule has 0 spiro atoms. The molecule has 1 aliphatic carbocycles. The fourth-order valence-electron chi connectivity index (χ4n) is 2.42. The van der Waals surface area contributed by atoms with E-state index in [9.17, 15) is 4.79 Å². The van der Waals surface area contributed by atoms with E-state index < -0.39 is 0 Å². The van der Waals surface area contributed by atoms with E-state index in [0.717, 1.165) is 37.7 Å². The van der Waals surface area contributed by atoms with Crippen molar-refractivity contribution in [1.29, 1.82) is 0 Å². The van der Waals surface area contributed by atoms with E-state index >= 15 is 0 Å². The Kier molecular flexibility index (Phi) is 6.32. The van der Waals surface area contributed by atoms with E-state index in [1.54, 1.807) is 0 Å². The topological polar surface area (TPSA) is 55.1 Å². The van der Waals surface area contributed by atoms with Crippen LogP contribution in [0.25, 0.3) is 0 Å². The molecule has 1 aliphatic rings. The van der Waals surface area contributed by atoms with Gasteiger partial charge in [-0.3, -0.25) is 4.79 Å². The molecule has 0 atom stereocenters. The molecule has 2 rings (SSSR count). The molecule has 0 aliphatic heterocycles.